The van der Waals surface area contributed by atoms with Gasteiger partial charge in [0.25, 0.3) is 0 Å². The second-order valence-corrected chi connectivity index (χ2v) is 7.83. The van der Waals surface area contributed by atoms with E-state index in [0.717, 1.165) is 31.7 Å². The van der Waals surface area contributed by atoms with Crippen molar-refractivity contribution in [2.45, 2.75) is 20.4 Å². The first-order valence-corrected chi connectivity index (χ1v) is 8.52. The Morgan fingerprint density at radius 1 is 1.20 bits per heavy atom. The lowest BCUT2D eigenvalue weighted by Crippen LogP contribution is -2.15. The molecule has 0 saturated carbocycles. The molecule has 0 aliphatic carbocycles. The van der Waals surface area contributed by atoms with Gasteiger partial charge in [0.15, 0.2) is 5.13 Å². The number of anilines is 1. The zero-order chi connectivity index (χ0) is 14.3. The van der Waals surface area contributed by atoms with Crippen LogP contribution in [0.1, 0.15) is 15.6 Å². The smallest absolute Gasteiger partial charge is 0.186 e. The second kappa shape index (κ2) is 5.38. The first kappa shape index (κ1) is 13.9. The van der Waals surface area contributed by atoms with E-state index < -0.39 is 0 Å². The molecule has 0 spiro atoms. The number of halogens is 1. The van der Waals surface area contributed by atoms with Crippen LogP contribution in [0.4, 0.5) is 5.13 Å². The van der Waals surface area contributed by atoms with Crippen LogP contribution in [-0.2, 0) is 6.54 Å². The normalized spacial score (nSPS) is 11.2. The van der Waals surface area contributed by atoms with Crippen LogP contribution in [0, 0.1) is 13.8 Å². The number of nitrogens with zero attached hydrogens (tertiary/aromatic N) is 4. The Kier molecular flexibility index (Phi) is 3.74. The zero-order valence-corrected chi connectivity index (χ0v) is 14.6. The van der Waals surface area contributed by atoms with Crippen LogP contribution in [0.25, 0.3) is 10.2 Å². The third-order valence-corrected chi connectivity index (χ3v) is 5.30. The number of thiazole rings is 1. The molecule has 3 rings (SSSR count). The molecule has 2 aromatic heterocycles. The summed E-state index contributed by atoms with van der Waals surface area (Å²) in [6, 6.07) is 4.21. The lowest BCUT2D eigenvalue weighted by molar-refractivity contribution is 0.872. The molecule has 0 bridgehead atoms. The first-order valence-electron chi connectivity index (χ1n) is 6.10. The summed E-state index contributed by atoms with van der Waals surface area (Å²) in [4.78, 5) is 6.86. The maximum absolute atomic E-state index is 4.74. The van der Waals surface area contributed by atoms with Crippen molar-refractivity contribution >= 4 is 54.0 Å². The highest BCUT2D eigenvalue weighted by Crippen LogP contribution is 2.33. The van der Waals surface area contributed by atoms with Gasteiger partial charge in [-0.25, -0.2) is 4.98 Å². The molecule has 7 heteroatoms. The second-order valence-electron chi connectivity index (χ2n) is 4.64. The summed E-state index contributed by atoms with van der Waals surface area (Å²) < 4.78 is 2.30. The van der Waals surface area contributed by atoms with E-state index in [4.69, 9.17) is 4.98 Å². The highest BCUT2D eigenvalue weighted by atomic mass is 79.9. The van der Waals surface area contributed by atoms with Crippen LogP contribution < -0.4 is 4.90 Å². The van der Waals surface area contributed by atoms with Crippen molar-refractivity contribution in [3.8, 4) is 0 Å². The van der Waals surface area contributed by atoms with E-state index >= 15 is 0 Å². The lowest BCUT2D eigenvalue weighted by Gasteiger charge is -2.12. The topological polar surface area (TPSA) is 41.9 Å². The molecule has 0 radical (unpaired) electrons. The van der Waals surface area contributed by atoms with Crippen LogP contribution in [0.5, 0.6) is 0 Å². The quantitative estimate of drug-likeness (QED) is 0.695. The SMILES string of the molecule is Cc1nnc(CN(C)c2nc3c(C)cc(Br)cc3s2)s1. The summed E-state index contributed by atoms with van der Waals surface area (Å²) >= 11 is 6.86. The summed E-state index contributed by atoms with van der Waals surface area (Å²) in [6.45, 7) is 4.80. The largest absolute Gasteiger partial charge is 0.344 e. The Labute approximate surface area is 133 Å². The number of benzene rings is 1. The molecule has 0 unspecified atom stereocenters. The van der Waals surface area contributed by atoms with Gasteiger partial charge in [0.1, 0.15) is 10.0 Å². The summed E-state index contributed by atoms with van der Waals surface area (Å²) in [7, 11) is 2.04. The fraction of sp³-hybridized carbons (Fsp3) is 0.308. The van der Waals surface area contributed by atoms with Crippen LogP contribution in [0.15, 0.2) is 16.6 Å². The molecule has 0 fully saturated rings. The average Bonchev–Trinajstić information content (AvgIpc) is 2.95. The predicted molar refractivity (Wildman–Crippen MR) is 88.8 cm³/mol. The van der Waals surface area contributed by atoms with Gasteiger partial charge in [-0.1, -0.05) is 38.6 Å². The third kappa shape index (κ3) is 2.70. The Morgan fingerprint density at radius 3 is 2.70 bits per heavy atom. The van der Waals surface area contributed by atoms with E-state index in [1.807, 2.05) is 14.0 Å². The van der Waals surface area contributed by atoms with Crippen molar-refractivity contribution in [3.63, 3.8) is 0 Å². The number of hydrogen-bond donors (Lipinski definition) is 0. The molecule has 4 nitrogen and oxygen atoms in total. The molecule has 0 N–H and O–H groups in total. The van der Waals surface area contributed by atoms with Gasteiger partial charge >= 0.3 is 0 Å². The van der Waals surface area contributed by atoms with Crippen molar-refractivity contribution in [3.05, 3.63) is 32.2 Å². The third-order valence-electron chi connectivity index (χ3n) is 2.91. The van der Waals surface area contributed by atoms with E-state index in [1.54, 1.807) is 22.7 Å². The molecule has 3 aromatic rings. The van der Waals surface area contributed by atoms with Gasteiger partial charge in [-0.3, -0.25) is 0 Å². The highest BCUT2D eigenvalue weighted by molar-refractivity contribution is 9.10. The van der Waals surface area contributed by atoms with Crippen molar-refractivity contribution < 1.29 is 0 Å². The Bertz CT molecular complexity index is 765. The van der Waals surface area contributed by atoms with Crippen LogP contribution in [0.2, 0.25) is 0 Å². The molecule has 2 heterocycles. The Balaban J connectivity index is 1.91. The Morgan fingerprint density at radius 2 is 2.00 bits per heavy atom. The van der Waals surface area contributed by atoms with E-state index in [1.165, 1.54) is 10.3 Å². The molecule has 0 atom stereocenters. The number of aryl methyl sites for hydroxylation is 2. The number of aromatic nitrogens is 3. The van der Waals surface area contributed by atoms with Gasteiger partial charge in [-0.2, -0.15) is 0 Å². The molecule has 0 aliphatic rings. The van der Waals surface area contributed by atoms with E-state index in [0.29, 0.717) is 0 Å². The predicted octanol–water partition coefficient (Wildman–Crippen LogP) is 4.16. The first-order chi connectivity index (χ1) is 9.52. The van der Waals surface area contributed by atoms with Gasteiger partial charge in [-0.15, -0.1) is 10.2 Å². The molecule has 104 valence electrons. The monoisotopic (exact) mass is 368 g/mol. The number of hydrogen-bond acceptors (Lipinski definition) is 6. The highest BCUT2D eigenvalue weighted by Gasteiger charge is 2.12. The molecule has 20 heavy (non-hydrogen) atoms. The van der Waals surface area contributed by atoms with Crippen molar-refractivity contribution in [1.29, 1.82) is 0 Å². The fourth-order valence-electron chi connectivity index (χ4n) is 1.98. The number of fused-ring (bicyclic) bond motifs is 1. The fourth-order valence-corrected chi connectivity index (χ4v) is 4.51. The van der Waals surface area contributed by atoms with Gasteiger partial charge in [-0.05, 0) is 31.5 Å². The molecule has 0 amide bonds. The van der Waals surface area contributed by atoms with Crippen molar-refractivity contribution in [2.24, 2.45) is 0 Å². The van der Waals surface area contributed by atoms with Crippen LogP contribution in [0.3, 0.4) is 0 Å². The van der Waals surface area contributed by atoms with Crippen LogP contribution >= 0.6 is 38.6 Å². The van der Waals surface area contributed by atoms with Gasteiger partial charge in [0.2, 0.25) is 0 Å². The minimum absolute atomic E-state index is 0.742. The zero-order valence-electron chi connectivity index (χ0n) is 11.3. The number of rotatable bonds is 3. The summed E-state index contributed by atoms with van der Waals surface area (Å²) in [5, 5.41) is 11.2. The minimum Gasteiger partial charge on any atom is -0.344 e. The Hall–Kier alpha value is -1.05. The molecule has 0 aliphatic heterocycles. The maximum Gasteiger partial charge on any atom is 0.186 e. The lowest BCUT2D eigenvalue weighted by atomic mass is 10.2. The van der Waals surface area contributed by atoms with Crippen molar-refractivity contribution in [1.82, 2.24) is 15.2 Å². The van der Waals surface area contributed by atoms with Gasteiger partial charge < -0.3 is 4.90 Å². The molecular formula is C13H13BrN4S2. The van der Waals surface area contributed by atoms with E-state index in [-0.39, 0.29) is 0 Å². The van der Waals surface area contributed by atoms with E-state index in [2.05, 4.69) is 50.1 Å². The minimum atomic E-state index is 0.742. The summed E-state index contributed by atoms with van der Waals surface area (Å²) in [5.41, 5.74) is 2.27. The van der Waals surface area contributed by atoms with Crippen LogP contribution in [-0.4, -0.2) is 22.2 Å². The van der Waals surface area contributed by atoms with E-state index in [9.17, 15) is 0 Å². The summed E-state index contributed by atoms with van der Waals surface area (Å²) in [5.74, 6) is 0. The van der Waals surface area contributed by atoms with Crippen molar-refractivity contribution in [2.75, 3.05) is 11.9 Å². The molecule has 1 aromatic carbocycles. The molecule has 0 saturated heterocycles. The standard InChI is InChI=1S/C13H13BrN4S2/c1-7-4-9(14)5-10-12(7)15-13(20-10)18(3)6-11-17-16-8(2)19-11/h4-5H,6H2,1-3H3. The van der Waals surface area contributed by atoms with Gasteiger partial charge in [0.05, 0.1) is 16.8 Å². The summed E-state index contributed by atoms with van der Waals surface area (Å²) in [6.07, 6.45) is 0. The molecular weight excluding hydrogens is 356 g/mol. The van der Waals surface area contributed by atoms with Gasteiger partial charge in [0, 0.05) is 11.5 Å². The average molecular weight is 369 g/mol. The maximum atomic E-state index is 4.74.